The summed E-state index contributed by atoms with van der Waals surface area (Å²) in [7, 11) is 1.39. The average Bonchev–Trinajstić information content (AvgIpc) is 2.99. The molecule has 0 atom stereocenters. The summed E-state index contributed by atoms with van der Waals surface area (Å²) in [6, 6.07) is 13.7. The van der Waals surface area contributed by atoms with Crippen molar-refractivity contribution in [2.24, 2.45) is 0 Å². The second-order valence-corrected chi connectivity index (χ2v) is 5.93. The van der Waals surface area contributed by atoms with Gasteiger partial charge in [0.05, 0.1) is 24.4 Å². The molecule has 0 spiro atoms. The predicted molar refractivity (Wildman–Crippen MR) is 84.8 cm³/mol. The van der Waals surface area contributed by atoms with Gasteiger partial charge in [-0.25, -0.2) is 4.79 Å². The van der Waals surface area contributed by atoms with Crippen molar-refractivity contribution in [3.63, 3.8) is 0 Å². The Morgan fingerprint density at radius 1 is 1.19 bits per heavy atom. The molecule has 21 heavy (non-hydrogen) atoms. The highest BCUT2D eigenvalue weighted by molar-refractivity contribution is 7.98. The van der Waals surface area contributed by atoms with Crippen molar-refractivity contribution >= 4 is 40.5 Å². The first-order valence-corrected chi connectivity index (χ1v) is 8.01. The van der Waals surface area contributed by atoms with Crippen molar-refractivity contribution in [1.29, 1.82) is 0 Å². The van der Waals surface area contributed by atoms with Crippen molar-refractivity contribution in [2.75, 3.05) is 7.11 Å². The van der Waals surface area contributed by atoms with Gasteiger partial charge >= 0.3 is 5.97 Å². The van der Waals surface area contributed by atoms with E-state index in [4.69, 9.17) is 4.74 Å². The molecule has 0 bridgehead atoms. The molecule has 0 radical (unpaired) electrons. The van der Waals surface area contributed by atoms with Gasteiger partial charge in [-0.2, -0.15) is 8.75 Å². The third-order valence-electron chi connectivity index (χ3n) is 3.02. The van der Waals surface area contributed by atoms with E-state index in [0.29, 0.717) is 11.3 Å². The van der Waals surface area contributed by atoms with E-state index in [2.05, 4.69) is 8.75 Å². The Morgan fingerprint density at radius 2 is 1.90 bits per heavy atom. The third kappa shape index (κ3) is 3.06. The highest BCUT2D eigenvalue weighted by atomic mass is 32.2. The second-order valence-electron chi connectivity index (χ2n) is 4.36. The van der Waals surface area contributed by atoms with Gasteiger partial charge in [0.1, 0.15) is 11.0 Å². The number of nitrogens with zero attached hydrogens (tertiary/aromatic N) is 2. The second kappa shape index (κ2) is 6.24. The topological polar surface area (TPSA) is 52.1 Å². The van der Waals surface area contributed by atoms with Crippen LogP contribution in [-0.4, -0.2) is 21.8 Å². The minimum absolute atomic E-state index is 0.339. The van der Waals surface area contributed by atoms with E-state index in [9.17, 15) is 4.79 Å². The lowest BCUT2D eigenvalue weighted by Crippen LogP contribution is -2.05. The fraction of sp³-hybridized carbons (Fsp3) is 0.133. The van der Waals surface area contributed by atoms with Crippen LogP contribution in [0.5, 0.6) is 0 Å². The van der Waals surface area contributed by atoms with E-state index in [1.807, 2.05) is 36.4 Å². The number of hydrogen-bond acceptors (Lipinski definition) is 6. The Labute approximate surface area is 130 Å². The Bertz CT molecular complexity index is 772. The molecule has 0 saturated carbocycles. The lowest BCUT2D eigenvalue weighted by atomic mass is 10.1. The van der Waals surface area contributed by atoms with Crippen LogP contribution in [0.3, 0.4) is 0 Å². The molecular weight excluding hydrogens is 304 g/mol. The molecule has 0 aliphatic carbocycles. The van der Waals surface area contributed by atoms with Crippen LogP contribution < -0.4 is 0 Å². The quantitative estimate of drug-likeness (QED) is 0.542. The monoisotopic (exact) mass is 316 g/mol. The van der Waals surface area contributed by atoms with Crippen LogP contribution in [0.4, 0.5) is 0 Å². The smallest absolute Gasteiger partial charge is 0.338 e. The number of ether oxygens (including phenoxy) is 1. The van der Waals surface area contributed by atoms with Crippen LogP contribution in [-0.2, 0) is 10.5 Å². The maximum absolute atomic E-state index is 11.9. The largest absolute Gasteiger partial charge is 0.465 e. The van der Waals surface area contributed by atoms with Crippen LogP contribution >= 0.6 is 23.5 Å². The van der Waals surface area contributed by atoms with E-state index >= 15 is 0 Å². The Balaban J connectivity index is 1.93. The minimum atomic E-state index is -0.339. The molecule has 2 aromatic carbocycles. The zero-order chi connectivity index (χ0) is 14.7. The lowest BCUT2D eigenvalue weighted by Gasteiger charge is -2.08. The number of thioether (sulfide) groups is 1. The van der Waals surface area contributed by atoms with Crippen molar-refractivity contribution in [1.82, 2.24) is 8.75 Å². The zero-order valence-corrected chi connectivity index (χ0v) is 12.9. The fourth-order valence-corrected chi connectivity index (χ4v) is 3.39. The summed E-state index contributed by atoms with van der Waals surface area (Å²) >= 11 is 2.82. The van der Waals surface area contributed by atoms with Crippen LogP contribution in [0.25, 0.3) is 11.0 Å². The Morgan fingerprint density at radius 3 is 2.62 bits per heavy atom. The summed E-state index contributed by atoms with van der Waals surface area (Å²) < 4.78 is 13.3. The summed E-state index contributed by atoms with van der Waals surface area (Å²) in [6.07, 6.45) is 0. The number of fused-ring (bicyclic) bond motifs is 1. The van der Waals surface area contributed by atoms with Crippen molar-refractivity contribution in [3.05, 3.63) is 53.6 Å². The maximum atomic E-state index is 11.9. The fourth-order valence-electron chi connectivity index (χ4n) is 1.97. The number of hydrogen-bond donors (Lipinski definition) is 0. The SMILES string of the molecule is COC(=O)c1cc2nsnc2cc1CSc1ccccc1. The molecule has 0 fully saturated rings. The number of rotatable bonds is 4. The van der Waals surface area contributed by atoms with Crippen molar-refractivity contribution < 1.29 is 9.53 Å². The number of carbonyl (C=O) groups is 1. The molecule has 3 aromatic rings. The normalized spacial score (nSPS) is 10.7. The summed E-state index contributed by atoms with van der Waals surface area (Å²) in [4.78, 5) is 13.1. The highest BCUT2D eigenvalue weighted by Crippen LogP contribution is 2.27. The molecule has 0 N–H and O–H groups in total. The van der Waals surface area contributed by atoms with Crippen LogP contribution in [0.15, 0.2) is 47.4 Å². The molecule has 3 rings (SSSR count). The molecule has 106 valence electrons. The Kier molecular flexibility index (Phi) is 4.17. The highest BCUT2D eigenvalue weighted by Gasteiger charge is 2.15. The molecule has 0 saturated heterocycles. The van der Waals surface area contributed by atoms with Gasteiger partial charge in [0.2, 0.25) is 0 Å². The molecule has 0 aliphatic heterocycles. The first kappa shape index (κ1) is 14.0. The molecule has 4 nitrogen and oxygen atoms in total. The van der Waals surface area contributed by atoms with E-state index in [0.717, 1.165) is 33.2 Å². The number of benzene rings is 2. The number of esters is 1. The number of carbonyl (C=O) groups excluding carboxylic acids is 1. The maximum Gasteiger partial charge on any atom is 0.338 e. The standard InChI is InChI=1S/C15H12N2O2S2/c1-19-15(18)12-8-14-13(16-21-17-14)7-10(12)9-20-11-5-3-2-4-6-11/h2-8H,9H2,1H3. The van der Waals surface area contributed by atoms with Crippen molar-refractivity contribution in [2.45, 2.75) is 10.6 Å². The molecule has 6 heteroatoms. The molecule has 1 heterocycles. The van der Waals surface area contributed by atoms with Gasteiger partial charge in [-0.15, -0.1) is 11.8 Å². The summed E-state index contributed by atoms with van der Waals surface area (Å²) in [5, 5.41) is 0. The van der Waals surface area contributed by atoms with Crippen molar-refractivity contribution in [3.8, 4) is 0 Å². The summed E-state index contributed by atoms with van der Waals surface area (Å²) in [5.74, 6) is 0.343. The van der Waals surface area contributed by atoms with Gasteiger partial charge in [0, 0.05) is 10.6 Å². The lowest BCUT2D eigenvalue weighted by molar-refractivity contribution is 0.0600. The van der Waals surface area contributed by atoms with E-state index < -0.39 is 0 Å². The molecular formula is C15H12N2O2S2. The van der Waals surface area contributed by atoms with E-state index in [1.54, 1.807) is 17.8 Å². The van der Waals surface area contributed by atoms with Gasteiger partial charge in [-0.05, 0) is 29.8 Å². The van der Waals surface area contributed by atoms with Gasteiger partial charge in [0.25, 0.3) is 0 Å². The predicted octanol–water partition coefficient (Wildman–Crippen LogP) is 3.77. The first-order valence-electron chi connectivity index (χ1n) is 6.29. The first-order chi connectivity index (χ1) is 10.3. The minimum Gasteiger partial charge on any atom is -0.465 e. The third-order valence-corrected chi connectivity index (χ3v) is 4.64. The van der Waals surface area contributed by atoms with Gasteiger partial charge in [0.15, 0.2) is 0 Å². The summed E-state index contributed by atoms with van der Waals surface area (Å²) in [6.45, 7) is 0. The summed E-state index contributed by atoms with van der Waals surface area (Å²) in [5.41, 5.74) is 3.02. The van der Waals surface area contributed by atoms with E-state index in [1.165, 1.54) is 7.11 Å². The Hall–Kier alpha value is -1.92. The zero-order valence-electron chi connectivity index (χ0n) is 11.3. The number of methoxy groups -OCH3 is 1. The number of aromatic nitrogens is 2. The van der Waals surface area contributed by atoms with Gasteiger partial charge in [-0.1, -0.05) is 18.2 Å². The van der Waals surface area contributed by atoms with Crippen LogP contribution in [0, 0.1) is 0 Å². The molecule has 0 aliphatic rings. The molecule has 0 unspecified atom stereocenters. The van der Waals surface area contributed by atoms with Gasteiger partial charge < -0.3 is 4.74 Å². The van der Waals surface area contributed by atoms with Crippen LogP contribution in [0.1, 0.15) is 15.9 Å². The van der Waals surface area contributed by atoms with Crippen LogP contribution in [0.2, 0.25) is 0 Å². The van der Waals surface area contributed by atoms with E-state index in [-0.39, 0.29) is 5.97 Å². The average molecular weight is 316 g/mol. The molecule has 1 aromatic heterocycles. The molecule has 0 amide bonds. The van der Waals surface area contributed by atoms with Gasteiger partial charge in [-0.3, -0.25) is 0 Å².